The number of aliphatic hydroxyl groups excluding tert-OH is 1. The van der Waals surface area contributed by atoms with Crippen molar-refractivity contribution in [1.82, 2.24) is 9.62 Å². The van der Waals surface area contributed by atoms with Crippen LogP contribution < -0.4 is 5.32 Å². The molecule has 2 atom stereocenters. The Morgan fingerprint density at radius 3 is 2.23 bits per heavy atom. The van der Waals surface area contributed by atoms with E-state index in [4.69, 9.17) is 5.26 Å². The van der Waals surface area contributed by atoms with Crippen LogP contribution in [0.3, 0.4) is 0 Å². The molecule has 2 rings (SSSR count). The number of carboxylic acid groups (broad SMARTS) is 1. The Kier molecular flexibility index (Phi) is 8.56. The van der Waals surface area contributed by atoms with E-state index in [0.29, 0.717) is 5.56 Å². The fraction of sp³-hybridized carbons (Fsp3) is 0.364. The van der Waals surface area contributed by atoms with Gasteiger partial charge in [-0.2, -0.15) is 9.57 Å². The van der Waals surface area contributed by atoms with Crippen molar-refractivity contribution in [3.63, 3.8) is 0 Å². The van der Waals surface area contributed by atoms with E-state index in [1.807, 2.05) is 38.1 Å². The molecule has 0 aliphatic rings. The van der Waals surface area contributed by atoms with E-state index in [2.05, 4.69) is 5.32 Å². The van der Waals surface area contributed by atoms with E-state index in [9.17, 15) is 23.4 Å². The number of nitriles is 1. The molecule has 166 valence electrons. The van der Waals surface area contributed by atoms with Crippen LogP contribution in [0.5, 0.6) is 0 Å². The van der Waals surface area contributed by atoms with Crippen LogP contribution in [0.25, 0.3) is 0 Å². The van der Waals surface area contributed by atoms with Gasteiger partial charge in [-0.3, -0.25) is 0 Å². The van der Waals surface area contributed by atoms with Gasteiger partial charge >= 0.3 is 6.09 Å². The van der Waals surface area contributed by atoms with E-state index in [-0.39, 0.29) is 30.3 Å². The molecule has 0 fully saturated rings. The molecule has 0 heterocycles. The van der Waals surface area contributed by atoms with Crippen LogP contribution in [0.1, 0.15) is 25.0 Å². The van der Waals surface area contributed by atoms with Gasteiger partial charge in [0.15, 0.2) is 0 Å². The molecule has 0 bridgehead atoms. The zero-order chi connectivity index (χ0) is 23.0. The normalized spacial score (nSPS) is 13.5. The molecule has 2 aromatic carbocycles. The van der Waals surface area contributed by atoms with Crippen LogP contribution in [0, 0.1) is 17.2 Å². The summed E-state index contributed by atoms with van der Waals surface area (Å²) in [6.45, 7) is 3.57. The Morgan fingerprint density at radius 1 is 1.10 bits per heavy atom. The maximum absolute atomic E-state index is 13.2. The second-order valence-electron chi connectivity index (χ2n) is 7.67. The first-order chi connectivity index (χ1) is 14.6. The first-order valence-corrected chi connectivity index (χ1v) is 11.3. The molecule has 0 saturated heterocycles. The molecule has 2 aromatic rings. The van der Waals surface area contributed by atoms with Gasteiger partial charge in [-0.15, -0.1) is 0 Å². The lowest BCUT2D eigenvalue weighted by Gasteiger charge is -2.30. The fourth-order valence-electron chi connectivity index (χ4n) is 3.17. The van der Waals surface area contributed by atoms with Crippen LogP contribution in [-0.4, -0.2) is 54.3 Å². The summed E-state index contributed by atoms with van der Waals surface area (Å²) in [6.07, 6.45) is -2.37. The number of hydrogen-bond donors (Lipinski definition) is 3. The van der Waals surface area contributed by atoms with Crippen LogP contribution in [0.15, 0.2) is 59.5 Å². The van der Waals surface area contributed by atoms with Gasteiger partial charge in [0, 0.05) is 13.1 Å². The summed E-state index contributed by atoms with van der Waals surface area (Å²) in [4.78, 5) is 11.3. The molecule has 3 N–H and O–H groups in total. The SMILES string of the molecule is CC(C)CN(C[C@@H](O)[C@H](Cc1ccccc1)NC(=O)O)S(=O)(=O)c1ccc(C#N)cc1. The summed E-state index contributed by atoms with van der Waals surface area (Å²) in [5, 5.41) is 31.3. The minimum atomic E-state index is -3.96. The van der Waals surface area contributed by atoms with Gasteiger partial charge < -0.3 is 15.5 Å². The zero-order valence-electron chi connectivity index (χ0n) is 17.5. The number of sulfonamides is 1. The Labute approximate surface area is 182 Å². The molecular weight excluding hydrogens is 418 g/mol. The molecule has 0 radical (unpaired) electrons. The lowest BCUT2D eigenvalue weighted by Crippen LogP contribution is -2.50. The van der Waals surface area contributed by atoms with Crippen molar-refractivity contribution in [3.05, 3.63) is 65.7 Å². The Bertz CT molecular complexity index is 1000. The maximum Gasteiger partial charge on any atom is 0.404 e. The number of benzene rings is 2. The van der Waals surface area contributed by atoms with Gasteiger partial charge in [-0.25, -0.2) is 13.2 Å². The van der Waals surface area contributed by atoms with Gasteiger partial charge in [0.2, 0.25) is 10.0 Å². The molecule has 31 heavy (non-hydrogen) atoms. The van der Waals surface area contributed by atoms with Crippen molar-refractivity contribution in [3.8, 4) is 6.07 Å². The van der Waals surface area contributed by atoms with E-state index in [1.54, 1.807) is 12.1 Å². The van der Waals surface area contributed by atoms with E-state index in [0.717, 1.165) is 9.87 Å². The smallest absolute Gasteiger partial charge is 0.404 e. The van der Waals surface area contributed by atoms with Crippen molar-refractivity contribution in [2.24, 2.45) is 5.92 Å². The Hall–Kier alpha value is -2.93. The third kappa shape index (κ3) is 7.07. The summed E-state index contributed by atoms with van der Waals surface area (Å²) < 4.78 is 27.6. The van der Waals surface area contributed by atoms with Crippen LogP contribution in [-0.2, 0) is 16.4 Å². The number of carbonyl (C=O) groups is 1. The second-order valence-corrected chi connectivity index (χ2v) is 9.60. The average Bonchev–Trinajstić information content (AvgIpc) is 2.73. The van der Waals surface area contributed by atoms with Gasteiger partial charge in [0.1, 0.15) is 0 Å². The number of nitrogens with zero attached hydrogens (tertiary/aromatic N) is 2. The topological polar surface area (TPSA) is 131 Å². The van der Waals surface area contributed by atoms with E-state index in [1.165, 1.54) is 24.3 Å². The van der Waals surface area contributed by atoms with Crippen molar-refractivity contribution in [1.29, 1.82) is 5.26 Å². The Balaban J connectivity index is 2.29. The van der Waals surface area contributed by atoms with E-state index >= 15 is 0 Å². The van der Waals surface area contributed by atoms with Crippen molar-refractivity contribution in [2.45, 2.75) is 37.3 Å². The predicted molar refractivity (Wildman–Crippen MR) is 116 cm³/mol. The minimum absolute atomic E-state index is 0.00477. The first kappa shape index (κ1) is 24.3. The quantitative estimate of drug-likeness (QED) is 0.515. The molecule has 1 amide bonds. The number of amides is 1. The standard InChI is InChI=1S/C22H27N3O5S/c1-16(2)14-25(31(29,30)19-10-8-18(13-23)9-11-19)15-21(26)20(24-22(27)28)12-17-6-4-3-5-7-17/h3-11,16,20-21,24,26H,12,14-15H2,1-2H3,(H,27,28)/t20-,21+/m0/s1. The van der Waals surface area contributed by atoms with Gasteiger partial charge in [-0.05, 0) is 42.2 Å². The summed E-state index contributed by atoms with van der Waals surface area (Å²) in [7, 11) is -3.96. The minimum Gasteiger partial charge on any atom is -0.465 e. The molecule has 0 aromatic heterocycles. The average molecular weight is 446 g/mol. The van der Waals surface area contributed by atoms with Crippen molar-refractivity contribution >= 4 is 16.1 Å². The predicted octanol–water partition coefficient (Wildman–Crippen LogP) is 2.44. The van der Waals surface area contributed by atoms with Crippen molar-refractivity contribution in [2.75, 3.05) is 13.1 Å². The highest BCUT2D eigenvalue weighted by atomic mass is 32.2. The van der Waals surface area contributed by atoms with Gasteiger partial charge in [-0.1, -0.05) is 44.2 Å². The summed E-state index contributed by atoms with van der Waals surface area (Å²) >= 11 is 0. The third-order valence-corrected chi connectivity index (χ3v) is 6.50. The van der Waals surface area contributed by atoms with Crippen LogP contribution in [0.4, 0.5) is 4.79 Å². The number of nitrogens with one attached hydrogen (secondary N) is 1. The fourth-order valence-corrected chi connectivity index (χ4v) is 4.80. The van der Waals surface area contributed by atoms with Gasteiger partial charge in [0.05, 0.1) is 28.7 Å². The lowest BCUT2D eigenvalue weighted by atomic mass is 10.0. The number of rotatable bonds is 10. The van der Waals surface area contributed by atoms with Crippen molar-refractivity contribution < 1.29 is 23.4 Å². The molecule has 0 unspecified atom stereocenters. The first-order valence-electron chi connectivity index (χ1n) is 9.85. The van der Waals surface area contributed by atoms with Gasteiger partial charge in [0.25, 0.3) is 0 Å². The monoisotopic (exact) mass is 445 g/mol. The highest BCUT2D eigenvalue weighted by Gasteiger charge is 2.31. The molecule has 9 heteroatoms. The molecule has 8 nitrogen and oxygen atoms in total. The zero-order valence-corrected chi connectivity index (χ0v) is 18.3. The largest absolute Gasteiger partial charge is 0.465 e. The van der Waals surface area contributed by atoms with Crippen LogP contribution in [0.2, 0.25) is 0 Å². The maximum atomic E-state index is 13.2. The molecular formula is C22H27N3O5S. The van der Waals surface area contributed by atoms with Crippen LogP contribution >= 0.6 is 0 Å². The van der Waals surface area contributed by atoms with E-state index < -0.39 is 28.3 Å². The molecule has 0 saturated carbocycles. The third-order valence-electron chi connectivity index (χ3n) is 4.65. The molecule has 0 spiro atoms. The number of hydrogen-bond acceptors (Lipinski definition) is 5. The summed E-state index contributed by atoms with van der Waals surface area (Å²) in [5.74, 6) is -0.0274. The highest BCUT2D eigenvalue weighted by Crippen LogP contribution is 2.19. The number of aliphatic hydroxyl groups is 1. The molecule has 0 aliphatic carbocycles. The summed E-state index contributed by atoms with van der Waals surface area (Å²) in [5.41, 5.74) is 1.15. The molecule has 0 aliphatic heterocycles. The lowest BCUT2D eigenvalue weighted by molar-refractivity contribution is 0.0980. The highest BCUT2D eigenvalue weighted by molar-refractivity contribution is 7.89. The summed E-state index contributed by atoms with van der Waals surface area (Å²) in [6, 6.07) is 15.6. The second kappa shape index (κ2) is 10.9. The Morgan fingerprint density at radius 2 is 1.71 bits per heavy atom.